The number of hydrogen-bond acceptors (Lipinski definition) is 6. The highest BCUT2D eigenvalue weighted by Gasteiger charge is 2.24. The molecule has 0 atom stereocenters. The van der Waals surface area contributed by atoms with Crippen LogP contribution in [0.3, 0.4) is 0 Å². The zero-order chi connectivity index (χ0) is 16.3. The summed E-state index contributed by atoms with van der Waals surface area (Å²) in [5.41, 5.74) is 0.288. The van der Waals surface area contributed by atoms with Gasteiger partial charge in [0.05, 0.1) is 9.82 Å². The second-order valence-electron chi connectivity index (χ2n) is 5.26. The van der Waals surface area contributed by atoms with Crippen molar-refractivity contribution in [3.8, 4) is 0 Å². The monoisotopic (exact) mass is 328 g/mol. The Hall–Kier alpha value is -1.71. The topological polar surface area (TPSA) is 95.8 Å². The summed E-state index contributed by atoms with van der Waals surface area (Å²) in [4.78, 5) is 14.8. The van der Waals surface area contributed by atoms with Gasteiger partial charge in [-0.15, -0.1) is 0 Å². The standard InChI is InChI=1S/C13H20N4O4S/c1-14-22(20,21)11-4-5-12(13(10-11)17(18)19)16-7-3-6-15(2)8-9-16/h4-5,10,14H,3,6-9H2,1-2H3. The van der Waals surface area contributed by atoms with E-state index in [9.17, 15) is 18.5 Å². The zero-order valence-electron chi connectivity index (χ0n) is 12.7. The van der Waals surface area contributed by atoms with Crippen LogP contribution in [-0.2, 0) is 10.0 Å². The minimum absolute atomic E-state index is 0.0996. The average Bonchev–Trinajstić information content (AvgIpc) is 2.71. The number of nitrogens with zero attached hydrogens (tertiary/aromatic N) is 3. The van der Waals surface area contributed by atoms with Gasteiger partial charge in [-0.1, -0.05) is 0 Å². The van der Waals surface area contributed by atoms with Crippen LogP contribution in [0.15, 0.2) is 23.1 Å². The molecule has 1 aromatic rings. The van der Waals surface area contributed by atoms with Gasteiger partial charge in [-0.05, 0) is 39.2 Å². The molecule has 22 heavy (non-hydrogen) atoms. The fourth-order valence-corrected chi connectivity index (χ4v) is 3.24. The van der Waals surface area contributed by atoms with E-state index in [1.165, 1.54) is 19.2 Å². The molecule has 0 radical (unpaired) electrons. The first-order valence-electron chi connectivity index (χ1n) is 7.00. The number of hydrogen-bond donors (Lipinski definition) is 1. The first-order valence-corrected chi connectivity index (χ1v) is 8.49. The predicted octanol–water partition coefficient (Wildman–Crippen LogP) is 0.645. The van der Waals surface area contributed by atoms with Crippen LogP contribution in [0.5, 0.6) is 0 Å². The number of anilines is 1. The van der Waals surface area contributed by atoms with Crippen molar-refractivity contribution in [2.75, 3.05) is 45.2 Å². The highest BCUT2D eigenvalue weighted by molar-refractivity contribution is 7.89. The number of sulfonamides is 1. The van der Waals surface area contributed by atoms with Gasteiger partial charge in [0.1, 0.15) is 5.69 Å². The first-order chi connectivity index (χ1) is 10.3. The van der Waals surface area contributed by atoms with E-state index in [2.05, 4.69) is 9.62 Å². The highest BCUT2D eigenvalue weighted by atomic mass is 32.2. The van der Waals surface area contributed by atoms with Gasteiger partial charge in [0.25, 0.3) is 5.69 Å². The molecule has 0 aliphatic carbocycles. The minimum Gasteiger partial charge on any atom is -0.365 e. The van der Waals surface area contributed by atoms with Crippen molar-refractivity contribution in [3.05, 3.63) is 28.3 Å². The van der Waals surface area contributed by atoms with Crippen LogP contribution in [-0.4, -0.2) is 58.5 Å². The summed E-state index contributed by atoms with van der Waals surface area (Å²) in [6.45, 7) is 3.14. The lowest BCUT2D eigenvalue weighted by atomic mass is 10.2. The highest BCUT2D eigenvalue weighted by Crippen LogP contribution is 2.31. The Labute approximate surface area is 129 Å². The van der Waals surface area contributed by atoms with E-state index in [1.807, 2.05) is 11.9 Å². The molecule has 2 rings (SSSR count). The normalized spacial score (nSPS) is 17.3. The summed E-state index contributed by atoms with van der Waals surface area (Å²) < 4.78 is 25.8. The van der Waals surface area contributed by atoms with Crippen molar-refractivity contribution in [3.63, 3.8) is 0 Å². The fraction of sp³-hybridized carbons (Fsp3) is 0.538. The number of rotatable bonds is 4. The molecule has 1 fully saturated rings. The zero-order valence-corrected chi connectivity index (χ0v) is 13.5. The van der Waals surface area contributed by atoms with Crippen molar-refractivity contribution >= 4 is 21.4 Å². The molecular weight excluding hydrogens is 308 g/mol. The van der Waals surface area contributed by atoms with Crippen molar-refractivity contribution < 1.29 is 13.3 Å². The molecule has 8 nitrogen and oxygen atoms in total. The molecule has 0 spiro atoms. The third-order valence-corrected chi connectivity index (χ3v) is 5.19. The van der Waals surface area contributed by atoms with E-state index in [-0.39, 0.29) is 10.6 Å². The van der Waals surface area contributed by atoms with Crippen LogP contribution < -0.4 is 9.62 Å². The molecule has 1 aromatic carbocycles. The Bertz CT molecular complexity index is 662. The summed E-state index contributed by atoms with van der Waals surface area (Å²) in [6.07, 6.45) is 0.907. The molecule has 122 valence electrons. The molecule has 1 N–H and O–H groups in total. The molecule has 1 aliphatic rings. The van der Waals surface area contributed by atoms with E-state index in [0.29, 0.717) is 18.8 Å². The van der Waals surface area contributed by atoms with E-state index < -0.39 is 14.9 Å². The predicted molar refractivity (Wildman–Crippen MR) is 83.7 cm³/mol. The Morgan fingerprint density at radius 1 is 1.23 bits per heavy atom. The lowest BCUT2D eigenvalue weighted by molar-refractivity contribution is -0.384. The minimum atomic E-state index is -3.70. The van der Waals surface area contributed by atoms with Gasteiger partial charge in [-0.3, -0.25) is 10.1 Å². The van der Waals surface area contributed by atoms with E-state index >= 15 is 0 Å². The fourth-order valence-electron chi connectivity index (χ4n) is 2.49. The summed E-state index contributed by atoms with van der Waals surface area (Å²) in [7, 11) is -0.407. The Balaban J connectivity index is 2.41. The van der Waals surface area contributed by atoms with Crippen molar-refractivity contribution in [2.24, 2.45) is 0 Å². The molecule has 0 bridgehead atoms. The summed E-state index contributed by atoms with van der Waals surface area (Å²) >= 11 is 0. The van der Waals surface area contributed by atoms with Gasteiger partial charge >= 0.3 is 0 Å². The molecule has 0 saturated carbocycles. The second-order valence-corrected chi connectivity index (χ2v) is 7.15. The van der Waals surface area contributed by atoms with E-state index in [1.54, 1.807) is 0 Å². The van der Waals surface area contributed by atoms with Gasteiger partial charge in [-0.25, -0.2) is 13.1 Å². The third kappa shape index (κ3) is 3.54. The van der Waals surface area contributed by atoms with Gasteiger partial charge < -0.3 is 9.80 Å². The molecule has 1 aliphatic heterocycles. The molecule has 0 unspecified atom stereocenters. The lowest BCUT2D eigenvalue weighted by Gasteiger charge is -2.22. The summed E-state index contributed by atoms with van der Waals surface area (Å²) in [5.74, 6) is 0. The maximum Gasteiger partial charge on any atom is 0.293 e. The van der Waals surface area contributed by atoms with Gasteiger partial charge in [-0.2, -0.15) is 0 Å². The average molecular weight is 328 g/mol. The SMILES string of the molecule is CNS(=O)(=O)c1ccc(N2CCCN(C)CC2)c([N+](=O)[O-])c1. The second kappa shape index (κ2) is 6.59. The van der Waals surface area contributed by atoms with Crippen LogP contribution in [0.25, 0.3) is 0 Å². The van der Waals surface area contributed by atoms with Crippen LogP contribution in [0.2, 0.25) is 0 Å². The van der Waals surface area contributed by atoms with Crippen LogP contribution in [0.4, 0.5) is 11.4 Å². The Morgan fingerprint density at radius 3 is 2.59 bits per heavy atom. The van der Waals surface area contributed by atoms with E-state index in [4.69, 9.17) is 0 Å². The summed E-state index contributed by atoms with van der Waals surface area (Å²) in [6, 6.07) is 4.05. The number of nitro benzene ring substituents is 1. The Kier molecular flexibility index (Phi) is 4.99. The van der Waals surface area contributed by atoms with Crippen molar-refractivity contribution in [1.29, 1.82) is 0 Å². The van der Waals surface area contributed by atoms with Gasteiger partial charge in [0, 0.05) is 25.7 Å². The van der Waals surface area contributed by atoms with Crippen LogP contribution in [0.1, 0.15) is 6.42 Å². The molecule has 1 heterocycles. The number of nitro groups is 1. The number of nitrogens with one attached hydrogen (secondary N) is 1. The van der Waals surface area contributed by atoms with E-state index in [0.717, 1.165) is 25.6 Å². The Morgan fingerprint density at radius 2 is 1.95 bits per heavy atom. The van der Waals surface area contributed by atoms with Crippen molar-refractivity contribution in [1.82, 2.24) is 9.62 Å². The smallest absolute Gasteiger partial charge is 0.293 e. The van der Waals surface area contributed by atoms with Crippen LogP contribution in [0, 0.1) is 10.1 Å². The van der Waals surface area contributed by atoms with Crippen LogP contribution >= 0.6 is 0 Å². The molecule has 9 heteroatoms. The summed E-state index contributed by atoms with van der Waals surface area (Å²) in [5, 5.41) is 11.3. The quantitative estimate of drug-likeness (QED) is 0.644. The number of likely N-dealkylation sites (N-methyl/N-ethyl adjacent to an activating group) is 1. The molecule has 0 amide bonds. The first kappa shape index (κ1) is 16.7. The molecular formula is C13H20N4O4S. The number of benzene rings is 1. The van der Waals surface area contributed by atoms with Gasteiger partial charge in [0.15, 0.2) is 0 Å². The molecule has 1 saturated heterocycles. The maximum atomic E-state index is 11.8. The lowest BCUT2D eigenvalue weighted by Crippen LogP contribution is -2.29. The van der Waals surface area contributed by atoms with Crippen molar-refractivity contribution in [2.45, 2.75) is 11.3 Å². The third-order valence-electron chi connectivity index (χ3n) is 3.78. The maximum absolute atomic E-state index is 11.8. The molecule has 0 aromatic heterocycles. The van der Waals surface area contributed by atoms with Gasteiger partial charge in [0.2, 0.25) is 10.0 Å². The largest absolute Gasteiger partial charge is 0.365 e.